The van der Waals surface area contributed by atoms with E-state index in [0.717, 1.165) is 45.3 Å². The van der Waals surface area contributed by atoms with Gasteiger partial charge in [-0.05, 0) is 41.7 Å². The van der Waals surface area contributed by atoms with Crippen LogP contribution in [0.1, 0.15) is 66.3 Å². The molecular formula is C36H35N3O2. The molecule has 5 nitrogen and oxygen atoms in total. The first-order valence-corrected chi connectivity index (χ1v) is 14.4. The second-order valence-electron chi connectivity index (χ2n) is 11.0. The molecule has 0 spiro atoms. The lowest BCUT2D eigenvalue weighted by Crippen LogP contribution is -2.52. The maximum Gasteiger partial charge on any atom is 0.255 e. The van der Waals surface area contributed by atoms with Gasteiger partial charge in [0.05, 0.1) is 17.8 Å². The van der Waals surface area contributed by atoms with Crippen LogP contribution in [-0.4, -0.2) is 27.7 Å². The number of nitrogens with one attached hydrogen (secondary N) is 2. The standard InChI is InChI=1S/C36H35N3O2/c1-4-23(2)33(35(40)37-24(3)25-15-7-5-8-16-25)39-34(27-19-11-12-20-28(27)36(39)41)31-29-21-13-14-22-30(29)38-32(31)26-17-9-6-10-18-26/h5-24,33-34,38H,4H2,1-3H3,(H,37,40). The molecule has 5 heteroatoms. The van der Waals surface area contributed by atoms with Crippen LogP contribution >= 0.6 is 0 Å². The largest absolute Gasteiger partial charge is 0.354 e. The van der Waals surface area contributed by atoms with Crippen LogP contribution in [0, 0.1) is 5.92 Å². The first-order valence-electron chi connectivity index (χ1n) is 14.4. The van der Waals surface area contributed by atoms with Crippen molar-refractivity contribution in [2.45, 2.75) is 45.3 Å². The van der Waals surface area contributed by atoms with E-state index >= 15 is 0 Å². The van der Waals surface area contributed by atoms with Gasteiger partial charge in [-0.15, -0.1) is 0 Å². The summed E-state index contributed by atoms with van der Waals surface area (Å²) in [5, 5.41) is 4.29. The molecule has 0 radical (unpaired) electrons. The first-order chi connectivity index (χ1) is 20.0. The molecule has 4 unspecified atom stereocenters. The highest BCUT2D eigenvalue weighted by Crippen LogP contribution is 2.47. The minimum absolute atomic E-state index is 0.0656. The Morgan fingerprint density at radius 2 is 1.49 bits per heavy atom. The molecule has 206 valence electrons. The van der Waals surface area contributed by atoms with Gasteiger partial charge in [-0.3, -0.25) is 9.59 Å². The number of amides is 2. The number of carbonyl (C=O) groups excluding carboxylic acids is 2. The van der Waals surface area contributed by atoms with Gasteiger partial charge in [0.15, 0.2) is 0 Å². The fraction of sp³-hybridized carbons (Fsp3) is 0.222. The van der Waals surface area contributed by atoms with E-state index < -0.39 is 12.1 Å². The average Bonchev–Trinajstić information content (AvgIpc) is 3.53. The van der Waals surface area contributed by atoms with Crippen LogP contribution in [0.5, 0.6) is 0 Å². The predicted octanol–water partition coefficient (Wildman–Crippen LogP) is 7.67. The first kappa shape index (κ1) is 26.6. The second kappa shape index (κ2) is 11.1. The Morgan fingerprint density at radius 3 is 2.22 bits per heavy atom. The lowest BCUT2D eigenvalue weighted by atomic mass is 9.90. The molecule has 0 aliphatic carbocycles. The number of benzene rings is 4. The van der Waals surface area contributed by atoms with Gasteiger partial charge in [0.1, 0.15) is 6.04 Å². The number of aromatic amines is 1. The van der Waals surface area contributed by atoms with Crippen molar-refractivity contribution in [2.24, 2.45) is 5.92 Å². The molecule has 1 aliphatic rings. The molecule has 6 rings (SSSR count). The Morgan fingerprint density at radius 1 is 0.854 bits per heavy atom. The molecular weight excluding hydrogens is 506 g/mol. The van der Waals surface area contributed by atoms with Crippen LogP contribution in [0.2, 0.25) is 0 Å². The summed E-state index contributed by atoms with van der Waals surface area (Å²) >= 11 is 0. The molecule has 1 aromatic heterocycles. The molecule has 41 heavy (non-hydrogen) atoms. The molecule has 4 atom stereocenters. The highest BCUT2D eigenvalue weighted by molar-refractivity contribution is 6.04. The average molecular weight is 542 g/mol. The number of para-hydroxylation sites is 1. The topological polar surface area (TPSA) is 65.2 Å². The third-order valence-corrected chi connectivity index (χ3v) is 8.49. The van der Waals surface area contributed by atoms with E-state index in [-0.39, 0.29) is 23.8 Å². The van der Waals surface area contributed by atoms with Crippen LogP contribution in [0.15, 0.2) is 109 Å². The summed E-state index contributed by atoms with van der Waals surface area (Å²) < 4.78 is 0. The molecule has 0 fully saturated rings. The molecule has 5 aromatic rings. The number of rotatable bonds is 8. The summed E-state index contributed by atoms with van der Waals surface area (Å²) in [6, 6.07) is 34.9. The molecule has 1 aliphatic heterocycles. The molecule has 0 saturated carbocycles. The molecule has 4 aromatic carbocycles. The lowest BCUT2D eigenvalue weighted by molar-refractivity contribution is -0.128. The van der Waals surface area contributed by atoms with Crippen molar-refractivity contribution in [3.8, 4) is 11.3 Å². The maximum atomic E-state index is 14.3. The molecule has 2 heterocycles. The molecule has 2 amide bonds. The fourth-order valence-electron chi connectivity index (χ4n) is 6.20. The zero-order chi connectivity index (χ0) is 28.5. The lowest BCUT2D eigenvalue weighted by Gasteiger charge is -2.37. The Hall–Kier alpha value is -4.64. The molecule has 0 saturated heterocycles. The normalized spacial score (nSPS) is 16.8. The maximum absolute atomic E-state index is 14.3. The summed E-state index contributed by atoms with van der Waals surface area (Å²) in [5.74, 6) is -0.310. The summed E-state index contributed by atoms with van der Waals surface area (Å²) in [6.07, 6.45) is 0.754. The Labute approximate surface area is 241 Å². The van der Waals surface area contributed by atoms with Gasteiger partial charge in [0, 0.05) is 22.0 Å². The van der Waals surface area contributed by atoms with Gasteiger partial charge in [-0.2, -0.15) is 0 Å². The van der Waals surface area contributed by atoms with Crippen molar-refractivity contribution in [2.75, 3.05) is 0 Å². The SMILES string of the molecule is CCC(C)C(C(=O)NC(C)c1ccccc1)N1C(=O)c2ccccc2C1c1c(-c2ccccc2)[nH]c2ccccc12. The Bertz CT molecular complexity index is 1690. The minimum atomic E-state index is -0.659. The zero-order valence-corrected chi connectivity index (χ0v) is 23.7. The number of H-pyrrole nitrogens is 1. The number of carbonyl (C=O) groups is 2. The van der Waals surface area contributed by atoms with Gasteiger partial charge in [-0.25, -0.2) is 0 Å². The van der Waals surface area contributed by atoms with E-state index in [4.69, 9.17) is 0 Å². The van der Waals surface area contributed by atoms with Crippen molar-refractivity contribution in [1.82, 2.24) is 15.2 Å². The monoisotopic (exact) mass is 541 g/mol. The Kier molecular flexibility index (Phi) is 7.19. The Balaban J connectivity index is 1.53. The van der Waals surface area contributed by atoms with E-state index in [2.05, 4.69) is 48.4 Å². The quantitative estimate of drug-likeness (QED) is 0.212. The second-order valence-corrected chi connectivity index (χ2v) is 11.0. The number of hydrogen-bond donors (Lipinski definition) is 2. The minimum Gasteiger partial charge on any atom is -0.354 e. The van der Waals surface area contributed by atoms with Gasteiger partial charge < -0.3 is 15.2 Å². The van der Waals surface area contributed by atoms with Crippen LogP contribution < -0.4 is 5.32 Å². The number of aromatic nitrogens is 1. The van der Waals surface area contributed by atoms with E-state index in [1.165, 1.54) is 0 Å². The molecule has 0 bridgehead atoms. The van der Waals surface area contributed by atoms with Crippen molar-refractivity contribution >= 4 is 22.7 Å². The summed E-state index contributed by atoms with van der Waals surface area (Å²) in [5.41, 5.74) is 6.63. The van der Waals surface area contributed by atoms with Crippen molar-refractivity contribution < 1.29 is 9.59 Å². The summed E-state index contributed by atoms with van der Waals surface area (Å²) in [7, 11) is 0. The predicted molar refractivity (Wildman–Crippen MR) is 164 cm³/mol. The van der Waals surface area contributed by atoms with E-state index in [9.17, 15) is 9.59 Å². The number of nitrogens with zero attached hydrogens (tertiary/aromatic N) is 1. The number of fused-ring (bicyclic) bond motifs is 2. The van der Waals surface area contributed by atoms with Crippen LogP contribution in [0.25, 0.3) is 22.2 Å². The highest BCUT2D eigenvalue weighted by atomic mass is 16.2. The summed E-state index contributed by atoms with van der Waals surface area (Å²) in [4.78, 5) is 34.1. The third-order valence-electron chi connectivity index (χ3n) is 8.49. The van der Waals surface area contributed by atoms with Crippen molar-refractivity contribution in [3.63, 3.8) is 0 Å². The fourth-order valence-corrected chi connectivity index (χ4v) is 6.20. The highest BCUT2D eigenvalue weighted by Gasteiger charge is 2.47. The van der Waals surface area contributed by atoms with E-state index in [1.807, 2.05) is 96.8 Å². The van der Waals surface area contributed by atoms with Crippen LogP contribution in [0.3, 0.4) is 0 Å². The zero-order valence-electron chi connectivity index (χ0n) is 23.7. The van der Waals surface area contributed by atoms with E-state index in [0.29, 0.717) is 5.56 Å². The third kappa shape index (κ3) is 4.71. The van der Waals surface area contributed by atoms with E-state index in [1.54, 1.807) is 0 Å². The smallest absolute Gasteiger partial charge is 0.255 e. The summed E-state index contributed by atoms with van der Waals surface area (Å²) in [6.45, 7) is 6.14. The van der Waals surface area contributed by atoms with Gasteiger partial charge >= 0.3 is 0 Å². The van der Waals surface area contributed by atoms with Gasteiger partial charge in [0.2, 0.25) is 5.91 Å². The van der Waals surface area contributed by atoms with Gasteiger partial charge in [-0.1, -0.05) is 117 Å². The molecule has 2 N–H and O–H groups in total. The van der Waals surface area contributed by atoms with Crippen molar-refractivity contribution in [3.05, 3.63) is 131 Å². The number of hydrogen-bond acceptors (Lipinski definition) is 2. The van der Waals surface area contributed by atoms with Gasteiger partial charge in [0.25, 0.3) is 5.91 Å². The van der Waals surface area contributed by atoms with Crippen molar-refractivity contribution in [1.29, 1.82) is 0 Å². The van der Waals surface area contributed by atoms with Crippen LogP contribution in [-0.2, 0) is 4.79 Å². The van der Waals surface area contributed by atoms with Crippen LogP contribution in [0.4, 0.5) is 0 Å².